The van der Waals surface area contributed by atoms with Crippen molar-refractivity contribution in [1.29, 1.82) is 0 Å². The molecular weight excluding hydrogens is 371 g/mol. The largest absolute Gasteiger partial charge is 0.391 e. The van der Waals surface area contributed by atoms with E-state index in [1.54, 1.807) is 0 Å². The minimum Gasteiger partial charge on any atom is -0.211 e. The molecule has 28 heavy (non-hydrogen) atoms. The zero-order valence-electron chi connectivity index (χ0n) is 17.2. The molecule has 0 nitrogen and oxygen atoms in total. The van der Waals surface area contributed by atoms with Crippen LogP contribution in [0.25, 0.3) is 0 Å². The summed E-state index contributed by atoms with van der Waals surface area (Å²) in [7, 11) is 0. The van der Waals surface area contributed by atoms with E-state index in [-0.39, 0.29) is 23.2 Å². The lowest BCUT2D eigenvalue weighted by Gasteiger charge is -2.61. The Hall–Kier alpha value is -0.350. The maximum absolute atomic E-state index is 13.3. The van der Waals surface area contributed by atoms with Gasteiger partial charge in [-0.1, -0.05) is 13.8 Å². The van der Waals surface area contributed by atoms with Crippen molar-refractivity contribution in [2.24, 2.45) is 46.3 Å². The van der Waals surface area contributed by atoms with Crippen molar-refractivity contribution in [2.45, 2.75) is 97.1 Å². The molecule has 162 valence electrons. The minimum atomic E-state index is -4.05. The molecule has 0 amide bonds. The third-order valence-electron chi connectivity index (χ3n) is 10.1. The molecule has 0 saturated heterocycles. The van der Waals surface area contributed by atoms with Crippen molar-refractivity contribution in [3.8, 4) is 0 Å². The van der Waals surface area contributed by atoms with Crippen LogP contribution in [0, 0.1) is 46.3 Å². The zero-order valence-corrected chi connectivity index (χ0v) is 17.2. The summed E-state index contributed by atoms with van der Waals surface area (Å²) in [6.45, 7) is 4.62. The lowest BCUT2D eigenvalue weighted by atomic mass is 9.44. The maximum Gasteiger partial charge on any atom is 0.391 e. The first kappa shape index (κ1) is 20.9. The lowest BCUT2D eigenvalue weighted by molar-refractivity contribution is -0.208. The summed E-state index contributed by atoms with van der Waals surface area (Å²) in [4.78, 5) is 0. The molecule has 0 N–H and O–H groups in total. The van der Waals surface area contributed by atoms with Gasteiger partial charge in [-0.3, -0.25) is 0 Å². The van der Waals surface area contributed by atoms with Gasteiger partial charge in [-0.05, 0) is 105 Å². The Balaban J connectivity index is 1.49. The minimum absolute atomic E-state index is 0.0136. The van der Waals surface area contributed by atoms with Crippen LogP contribution in [-0.4, -0.2) is 12.6 Å². The first-order valence-corrected chi connectivity index (χ1v) is 11.4. The molecule has 4 aliphatic carbocycles. The van der Waals surface area contributed by atoms with Crippen LogP contribution in [0.4, 0.5) is 22.0 Å². The highest BCUT2D eigenvalue weighted by Crippen LogP contribution is 2.68. The number of rotatable bonds is 3. The predicted octanol–water partition coefficient (Wildman–Crippen LogP) is 7.87. The van der Waals surface area contributed by atoms with Gasteiger partial charge in [-0.15, -0.1) is 0 Å². The molecule has 0 aliphatic heterocycles. The second-order valence-corrected chi connectivity index (χ2v) is 11.0. The molecular formula is C23H35F5. The van der Waals surface area contributed by atoms with Gasteiger partial charge in [0.1, 0.15) is 0 Å². The fraction of sp³-hybridized carbons (Fsp3) is 1.00. The number of fused-ring (bicyclic) bond motifs is 5. The Kier molecular flexibility index (Phi) is 5.31. The van der Waals surface area contributed by atoms with Gasteiger partial charge in [0.15, 0.2) is 0 Å². The Morgan fingerprint density at radius 3 is 2.21 bits per heavy atom. The van der Waals surface area contributed by atoms with E-state index in [9.17, 15) is 22.0 Å². The Bertz CT molecular complexity index is 572. The molecule has 0 aromatic rings. The molecule has 4 aliphatic rings. The van der Waals surface area contributed by atoms with Gasteiger partial charge < -0.3 is 0 Å². The normalized spacial score (nSPS) is 48.9. The first-order valence-electron chi connectivity index (χ1n) is 11.4. The predicted molar refractivity (Wildman–Crippen MR) is 100 cm³/mol. The van der Waals surface area contributed by atoms with Gasteiger partial charge in [0.2, 0.25) is 6.43 Å². The second-order valence-electron chi connectivity index (χ2n) is 11.0. The lowest BCUT2D eigenvalue weighted by Crippen LogP contribution is -2.54. The summed E-state index contributed by atoms with van der Waals surface area (Å²) in [5.74, 6) is 1.22. The number of halogens is 5. The number of alkyl halides is 5. The SMILES string of the molecule is CC12CCC3[C@@H](CCC4C[C@@H](C(F)(F)F)CC[C@@]43C)C1CCC2CCC(F)F. The molecule has 0 spiro atoms. The van der Waals surface area contributed by atoms with E-state index in [1.165, 1.54) is 0 Å². The van der Waals surface area contributed by atoms with E-state index in [0.717, 1.165) is 38.5 Å². The van der Waals surface area contributed by atoms with Gasteiger partial charge in [0.25, 0.3) is 0 Å². The van der Waals surface area contributed by atoms with Gasteiger partial charge in [-0.25, -0.2) is 8.78 Å². The third kappa shape index (κ3) is 3.31. The fourth-order valence-electron chi connectivity index (χ4n) is 8.47. The number of hydrogen-bond donors (Lipinski definition) is 0. The topological polar surface area (TPSA) is 0 Å². The second kappa shape index (κ2) is 7.11. The summed E-state index contributed by atoms with van der Waals surface area (Å²) in [5, 5.41) is 0. The van der Waals surface area contributed by atoms with Crippen LogP contribution >= 0.6 is 0 Å². The molecule has 4 rings (SSSR count). The van der Waals surface area contributed by atoms with Crippen molar-refractivity contribution in [1.82, 2.24) is 0 Å². The third-order valence-corrected chi connectivity index (χ3v) is 10.1. The quantitative estimate of drug-likeness (QED) is 0.418. The van der Waals surface area contributed by atoms with Crippen LogP contribution in [0.15, 0.2) is 0 Å². The first-order chi connectivity index (χ1) is 13.1. The fourth-order valence-corrected chi connectivity index (χ4v) is 8.47. The Morgan fingerprint density at radius 1 is 0.857 bits per heavy atom. The summed E-state index contributed by atoms with van der Waals surface area (Å²) in [5.41, 5.74) is 0.218. The van der Waals surface area contributed by atoms with Crippen molar-refractivity contribution in [2.75, 3.05) is 0 Å². The molecule has 5 heteroatoms. The Morgan fingerprint density at radius 2 is 1.54 bits per heavy atom. The number of hydrogen-bond acceptors (Lipinski definition) is 0. The average molecular weight is 407 g/mol. The highest BCUT2D eigenvalue weighted by atomic mass is 19.4. The molecule has 4 fully saturated rings. The molecule has 0 bridgehead atoms. The standard InChI is InChI=1S/C23H35F5/c1-21-12-10-19-17(18(21)7-4-14(21)5-8-20(24)25)6-3-15-13-16(23(26,27)28)9-11-22(15,19)2/h14-20H,3-13H2,1-2H3/t14?,15?,16-,17-,18?,19?,21?,22-/m0/s1. The summed E-state index contributed by atoms with van der Waals surface area (Å²) in [6.07, 6.45) is 2.06. The molecule has 0 aromatic carbocycles. The maximum atomic E-state index is 13.3. The van der Waals surface area contributed by atoms with Crippen LogP contribution < -0.4 is 0 Å². The van der Waals surface area contributed by atoms with Crippen LogP contribution in [0.2, 0.25) is 0 Å². The van der Waals surface area contributed by atoms with E-state index < -0.39 is 18.5 Å². The van der Waals surface area contributed by atoms with Gasteiger partial charge >= 0.3 is 6.18 Å². The van der Waals surface area contributed by atoms with Crippen molar-refractivity contribution >= 4 is 0 Å². The average Bonchev–Trinajstić information content (AvgIpc) is 2.94. The van der Waals surface area contributed by atoms with Crippen molar-refractivity contribution in [3.05, 3.63) is 0 Å². The van der Waals surface area contributed by atoms with E-state index >= 15 is 0 Å². The zero-order chi connectivity index (χ0) is 20.3. The van der Waals surface area contributed by atoms with Crippen LogP contribution in [0.1, 0.15) is 84.5 Å². The smallest absolute Gasteiger partial charge is 0.211 e. The van der Waals surface area contributed by atoms with Gasteiger partial charge in [-0.2, -0.15) is 13.2 Å². The van der Waals surface area contributed by atoms with E-state index in [4.69, 9.17) is 0 Å². The van der Waals surface area contributed by atoms with E-state index in [2.05, 4.69) is 13.8 Å². The molecule has 0 aromatic heterocycles. The highest BCUT2D eigenvalue weighted by Gasteiger charge is 2.61. The van der Waals surface area contributed by atoms with Gasteiger partial charge in [0, 0.05) is 6.42 Å². The monoisotopic (exact) mass is 406 g/mol. The molecule has 5 unspecified atom stereocenters. The highest BCUT2D eigenvalue weighted by molar-refractivity contribution is 5.09. The molecule has 8 atom stereocenters. The summed E-state index contributed by atoms with van der Waals surface area (Å²) in [6, 6.07) is 0. The van der Waals surface area contributed by atoms with Gasteiger partial charge in [0.05, 0.1) is 5.92 Å². The molecule has 0 radical (unpaired) electrons. The summed E-state index contributed by atoms with van der Waals surface area (Å²) < 4.78 is 65.5. The van der Waals surface area contributed by atoms with Crippen LogP contribution in [0.5, 0.6) is 0 Å². The van der Waals surface area contributed by atoms with E-state index in [0.29, 0.717) is 49.4 Å². The van der Waals surface area contributed by atoms with Crippen molar-refractivity contribution < 1.29 is 22.0 Å². The molecule has 0 heterocycles. The molecule has 4 saturated carbocycles. The van der Waals surface area contributed by atoms with Crippen LogP contribution in [0.3, 0.4) is 0 Å². The Labute approximate surface area is 166 Å². The van der Waals surface area contributed by atoms with E-state index in [1.807, 2.05) is 0 Å². The van der Waals surface area contributed by atoms with Crippen LogP contribution in [-0.2, 0) is 0 Å². The summed E-state index contributed by atoms with van der Waals surface area (Å²) >= 11 is 0. The van der Waals surface area contributed by atoms with Crippen molar-refractivity contribution in [3.63, 3.8) is 0 Å².